The first kappa shape index (κ1) is 10.3. The van der Waals surface area contributed by atoms with Crippen molar-refractivity contribution >= 4 is 11.6 Å². The van der Waals surface area contributed by atoms with Crippen LogP contribution in [-0.2, 0) is 4.79 Å². The number of nitrogens with zero attached hydrogens (tertiary/aromatic N) is 1. The van der Waals surface area contributed by atoms with E-state index in [0.717, 1.165) is 11.3 Å². The highest BCUT2D eigenvalue weighted by atomic mass is 16.1. The summed E-state index contributed by atoms with van der Waals surface area (Å²) in [6.07, 6.45) is 0. The van der Waals surface area contributed by atoms with Gasteiger partial charge in [0.15, 0.2) is 0 Å². The van der Waals surface area contributed by atoms with Crippen LogP contribution in [0.4, 0.5) is 5.69 Å². The van der Waals surface area contributed by atoms with Gasteiger partial charge in [0.05, 0.1) is 12.0 Å². The number of nitriles is 1. The summed E-state index contributed by atoms with van der Waals surface area (Å²) in [5.41, 5.74) is 1.65. The zero-order valence-electron chi connectivity index (χ0n) is 8.24. The van der Waals surface area contributed by atoms with Crippen LogP contribution < -0.4 is 5.32 Å². The minimum atomic E-state index is -0.149. The van der Waals surface area contributed by atoms with Crippen molar-refractivity contribution in [3.05, 3.63) is 29.8 Å². The largest absolute Gasteiger partial charge is 0.326 e. The Labute approximate surface area is 83.4 Å². The first-order chi connectivity index (χ1) is 6.63. The lowest BCUT2D eigenvalue weighted by Gasteiger charge is -2.06. The minimum absolute atomic E-state index is 0.105. The second kappa shape index (κ2) is 4.43. The molecule has 1 aromatic rings. The van der Waals surface area contributed by atoms with Gasteiger partial charge < -0.3 is 5.32 Å². The monoisotopic (exact) mass is 188 g/mol. The Morgan fingerprint density at radius 3 is 2.86 bits per heavy atom. The molecule has 1 amide bonds. The van der Waals surface area contributed by atoms with Crippen LogP contribution in [-0.4, -0.2) is 5.91 Å². The van der Waals surface area contributed by atoms with Crippen LogP contribution in [0.25, 0.3) is 0 Å². The summed E-state index contributed by atoms with van der Waals surface area (Å²) < 4.78 is 0. The summed E-state index contributed by atoms with van der Waals surface area (Å²) in [6.45, 7) is 3.28. The van der Waals surface area contributed by atoms with E-state index in [9.17, 15) is 4.79 Å². The van der Waals surface area contributed by atoms with Crippen LogP contribution in [0.1, 0.15) is 25.3 Å². The van der Waals surface area contributed by atoms with Gasteiger partial charge >= 0.3 is 0 Å². The molecule has 0 radical (unpaired) electrons. The SMILES string of the molecule is CC(=O)Nc1cccc(C(C)C#N)c1. The Kier molecular flexibility index (Phi) is 3.24. The standard InChI is InChI=1S/C11H12N2O/c1-8(7-12)10-4-3-5-11(6-10)13-9(2)14/h3-6,8H,1-2H3,(H,13,14). The van der Waals surface area contributed by atoms with Crippen molar-refractivity contribution in [2.45, 2.75) is 19.8 Å². The number of benzene rings is 1. The Bertz CT molecular complexity index is 379. The molecule has 3 nitrogen and oxygen atoms in total. The van der Waals surface area contributed by atoms with Crippen molar-refractivity contribution in [2.75, 3.05) is 5.32 Å². The third kappa shape index (κ3) is 2.60. The topological polar surface area (TPSA) is 52.9 Å². The molecule has 0 aliphatic rings. The molecular formula is C11H12N2O. The van der Waals surface area contributed by atoms with Crippen molar-refractivity contribution in [3.63, 3.8) is 0 Å². The summed E-state index contributed by atoms with van der Waals surface area (Å²) in [7, 11) is 0. The maximum absolute atomic E-state index is 10.8. The normalized spacial score (nSPS) is 11.5. The fourth-order valence-electron chi connectivity index (χ4n) is 1.16. The summed E-state index contributed by atoms with van der Waals surface area (Å²) >= 11 is 0. The van der Waals surface area contributed by atoms with Gasteiger partial charge in [0.1, 0.15) is 0 Å². The number of hydrogen-bond acceptors (Lipinski definition) is 2. The van der Waals surface area contributed by atoms with Gasteiger partial charge in [-0.1, -0.05) is 12.1 Å². The predicted octanol–water partition coefficient (Wildman–Crippen LogP) is 2.27. The molecule has 3 heteroatoms. The maximum Gasteiger partial charge on any atom is 0.221 e. The van der Waals surface area contributed by atoms with E-state index < -0.39 is 0 Å². The zero-order chi connectivity index (χ0) is 10.6. The van der Waals surface area contributed by atoms with Gasteiger partial charge in [-0.2, -0.15) is 5.26 Å². The smallest absolute Gasteiger partial charge is 0.221 e. The number of rotatable bonds is 2. The van der Waals surface area contributed by atoms with E-state index in [2.05, 4.69) is 11.4 Å². The zero-order valence-corrected chi connectivity index (χ0v) is 8.24. The molecule has 1 N–H and O–H groups in total. The van der Waals surface area contributed by atoms with Crippen molar-refractivity contribution in [1.29, 1.82) is 5.26 Å². The Balaban J connectivity index is 2.90. The number of nitrogens with one attached hydrogen (secondary N) is 1. The average Bonchev–Trinajstić information content (AvgIpc) is 2.16. The van der Waals surface area contributed by atoms with Gasteiger partial charge in [-0.3, -0.25) is 4.79 Å². The quantitative estimate of drug-likeness (QED) is 0.774. The molecule has 0 bridgehead atoms. The fraction of sp³-hybridized carbons (Fsp3) is 0.273. The van der Waals surface area contributed by atoms with Crippen molar-refractivity contribution < 1.29 is 4.79 Å². The molecule has 0 saturated carbocycles. The molecule has 0 aliphatic carbocycles. The highest BCUT2D eigenvalue weighted by molar-refractivity contribution is 5.88. The predicted molar refractivity (Wildman–Crippen MR) is 54.8 cm³/mol. The number of anilines is 1. The third-order valence-electron chi connectivity index (χ3n) is 1.90. The average molecular weight is 188 g/mol. The second-order valence-electron chi connectivity index (χ2n) is 3.16. The lowest BCUT2D eigenvalue weighted by molar-refractivity contribution is -0.114. The number of carbonyl (C=O) groups excluding carboxylic acids is 1. The Hall–Kier alpha value is -1.82. The molecule has 0 saturated heterocycles. The van der Waals surface area contributed by atoms with E-state index in [1.54, 1.807) is 6.07 Å². The summed E-state index contributed by atoms with van der Waals surface area (Å²) in [4.78, 5) is 10.8. The molecule has 1 unspecified atom stereocenters. The molecule has 14 heavy (non-hydrogen) atoms. The Morgan fingerprint density at radius 1 is 1.57 bits per heavy atom. The molecule has 0 aliphatic heterocycles. The maximum atomic E-state index is 10.8. The van der Waals surface area contributed by atoms with E-state index in [4.69, 9.17) is 5.26 Å². The minimum Gasteiger partial charge on any atom is -0.326 e. The number of amides is 1. The van der Waals surface area contributed by atoms with Crippen LogP contribution in [0.2, 0.25) is 0 Å². The van der Waals surface area contributed by atoms with Crippen LogP contribution in [0, 0.1) is 11.3 Å². The van der Waals surface area contributed by atoms with Gasteiger partial charge in [0.2, 0.25) is 5.91 Å². The van der Waals surface area contributed by atoms with Crippen molar-refractivity contribution in [2.24, 2.45) is 0 Å². The number of carbonyl (C=O) groups is 1. The Morgan fingerprint density at radius 2 is 2.29 bits per heavy atom. The third-order valence-corrected chi connectivity index (χ3v) is 1.90. The number of hydrogen-bond donors (Lipinski definition) is 1. The molecule has 72 valence electrons. The molecule has 0 fully saturated rings. The fourth-order valence-corrected chi connectivity index (χ4v) is 1.16. The van der Waals surface area contributed by atoms with Crippen LogP contribution >= 0.6 is 0 Å². The highest BCUT2D eigenvalue weighted by Crippen LogP contribution is 2.18. The highest BCUT2D eigenvalue weighted by Gasteiger charge is 2.04. The van der Waals surface area contributed by atoms with Crippen molar-refractivity contribution in [1.82, 2.24) is 0 Å². The van der Waals surface area contributed by atoms with Gasteiger partial charge in [-0.05, 0) is 24.6 Å². The molecule has 1 rings (SSSR count). The summed E-state index contributed by atoms with van der Waals surface area (Å²) in [6, 6.07) is 9.47. The lowest BCUT2D eigenvalue weighted by atomic mass is 10.0. The molecule has 0 spiro atoms. The van der Waals surface area contributed by atoms with Gasteiger partial charge in [0, 0.05) is 12.6 Å². The van der Waals surface area contributed by atoms with Gasteiger partial charge in [0.25, 0.3) is 0 Å². The molecule has 1 aromatic carbocycles. The van der Waals surface area contributed by atoms with E-state index in [0.29, 0.717) is 0 Å². The van der Waals surface area contributed by atoms with E-state index in [1.165, 1.54) is 6.92 Å². The van der Waals surface area contributed by atoms with E-state index in [1.807, 2.05) is 25.1 Å². The molecule has 0 heterocycles. The van der Waals surface area contributed by atoms with Crippen molar-refractivity contribution in [3.8, 4) is 6.07 Å². The summed E-state index contributed by atoms with van der Waals surface area (Å²) in [5.74, 6) is -0.254. The molecular weight excluding hydrogens is 176 g/mol. The first-order valence-corrected chi connectivity index (χ1v) is 4.40. The van der Waals surface area contributed by atoms with Gasteiger partial charge in [-0.15, -0.1) is 0 Å². The molecule has 1 atom stereocenters. The molecule has 0 aromatic heterocycles. The van der Waals surface area contributed by atoms with Crippen LogP contribution in [0.3, 0.4) is 0 Å². The lowest BCUT2D eigenvalue weighted by Crippen LogP contribution is -2.06. The van der Waals surface area contributed by atoms with Crippen LogP contribution in [0.15, 0.2) is 24.3 Å². The van der Waals surface area contributed by atoms with Crippen LogP contribution in [0.5, 0.6) is 0 Å². The van der Waals surface area contributed by atoms with Gasteiger partial charge in [-0.25, -0.2) is 0 Å². The summed E-state index contributed by atoms with van der Waals surface area (Å²) in [5, 5.41) is 11.4. The van der Waals surface area contributed by atoms with E-state index >= 15 is 0 Å². The van der Waals surface area contributed by atoms with E-state index in [-0.39, 0.29) is 11.8 Å². The first-order valence-electron chi connectivity index (χ1n) is 4.40. The second-order valence-corrected chi connectivity index (χ2v) is 3.16.